The molecule has 0 fully saturated rings. The van der Waals surface area contributed by atoms with E-state index in [4.69, 9.17) is 0 Å². The Morgan fingerprint density at radius 3 is 2.20 bits per heavy atom. The van der Waals surface area contributed by atoms with Crippen LogP contribution in [0.15, 0.2) is 0 Å². The molecule has 0 spiro atoms. The van der Waals surface area contributed by atoms with Crippen molar-refractivity contribution in [2.45, 2.75) is 53.0 Å². The van der Waals surface area contributed by atoms with Gasteiger partial charge in [-0.1, -0.05) is 13.8 Å². The molecular weight excluding hydrogens is 184 g/mol. The number of hydrogen-bond donors (Lipinski definition) is 1. The lowest BCUT2D eigenvalue weighted by Gasteiger charge is -2.20. The fraction of sp³-hybridized carbons (Fsp3) is 1.00. The first-order chi connectivity index (χ1) is 7.04. The maximum absolute atomic E-state index is 3.50. The number of nitrogens with one attached hydrogen (secondary N) is 1. The fourth-order valence-corrected chi connectivity index (χ4v) is 1.39. The van der Waals surface area contributed by atoms with Crippen LogP contribution in [0.5, 0.6) is 0 Å². The van der Waals surface area contributed by atoms with Crippen LogP contribution in [-0.2, 0) is 0 Å². The zero-order valence-corrected chi connectivity index (χ0v) is 11.3. The van der Waals surface area contributed by atoms with Crippen LogP contribution >= 0.6 is 0 Å². The van der Waals surface area contributed by atoms with E-state index in [1.54, 1.807) is 0 Å². The van der Waals surface area contributed by atoms with Gasteiger partial charge in [-0.2, -0.15) is 0 Å². The van der Waals surface area contributed by atoms with Gasteiger partial charge in [-0.05, 0) is 65.7 Å². The summed E-state index contributed by atoms with van der Waals surface area (Å²) in [6.45, 7) is 12.6. The lowest BCUT2D eigenvalue weighted by molar-refractivity contribution is 0.268. The number of nitrogens with zero attached hydrogens (tertiary/aromatic N) is 1. The fourth-order valence-electron chi connectivity index (χ4n) is 1.39. The van der Waals surface area contributed by atoms with E-state index >= 15 is 0 Å². The normalized spacial score (nSPS) is 12.0. The smallest absolute Gasteiger partial charge is 0.00355 e. The largest absolute Gasteiger partial charge is 0.317 e. The van der Waals surface area contributed by atoms with E-state index in [0.29, 0.717) is 6.04 Å². The van der Waals surface area contributed by atoms with E-state index < -0.39 is 0 Å². The van der Waals surface area contributed by atoms with Crippen LogP contribution in [0, 0.1) is 5.92 Å². The maximum atomic E-state index is 3.50. The molecule has 0 bridgehead atoms. The average molecular weight is 214 g/mol. The number of rotatable bonds is 9. The molecule has 0 atom stereocenters. The topological polar surface area (TPSA) is 15.3 Å². The van der Waals surface area contributed by atoms with Gasteiger partial charge in [0.05, 0.1) is 0 Å². The van der Waals surface area contributed by atoms with Gasteiger partial charge in [-0.15, -0.1) is 0 Å². The molecule has 0 aromatic heterocycles. The molecule has 0 saturated heterocycles. The Labute approximate surface area is 96.4 Å². The predicted molar refractivity (Wildman–Crippen MR) is 69.3 cm³/mol. The van der Waals surface area contributed by atoms with Gasteiger partial charge in [0.15, 0.2) is 0 Å². The van der Waals surface area contributed by atoms with Crippen LogP contribution in [0.3, 0.4) is 0 Å². The lowest BCUT2D eigenvalue weighted by atomic mass is 10.1. The summed E-state index contributed by atoms with van der Waals surface area (Å²) in [6.07, 6.45) is 3.91. The highest BCUT2D eigenvalue weighted by Crippen LogP contribution is 1.98. The van der Waals surface area contributed by atoms with Crippen molar-refractivity contribution in [3.63, 3.8) is 0 Å². The maximum Gasteiger partial charge on any atom is 0.00355 e. The third kappa shape index (κ3) is 10.2. The first-order valence-electron chi connectivity index (χ1n) is 6.45. The van der Waals surface area contributed by atoms with Crippen molar-refractivity contribution < 1.29 is 0 Å². The Balaban J connectivity index is 3.11. The number of hydrogen-bond acceptors (Lipinski definition) is 2. The van der Waals surface area contributed by atoms with Gasteiger partial charge in [0.2, 0.25) is 0 Å². The molecule has 0 saturated carbocycles. The zero-order chi connectivity index (χ0) is 11.7. The van der Waals surface area contributed by atoms with E-state index in [1.165, 1.54) is 38.9 Å². The van der Waals surface area contributed by atoms with Gasteiger partial charge >= 0.3 is 0 Å². The zero-order valence-electron chi connectivity index (χ0n) is 11.3. The van der Waals surface area contributed by atoms with Gasteiger partial charge in [-0.25, -0.2) is 0 Å². The molecule has 0 radical (unpaired) electrons. The van der Waals surface area contributed by atoms with E-state index in [0.717, 1.165) is 5.92 Å². The summed E-state index contributed by atoms with van der Waals surface area (Å²) in [6, 6.07) is 0.680. The predicted octanol–water partition coefficient (Wildman–Crippen LogP) is 2.74. The van der Waals surface area contributed by atoms with Crippen molar-refractivity contribution in [1.82, 2.24) is 10.2 Å². The molecule has 1 N–H and O–H groups in total. The summed E-state index contributed by atoms with van der Waals surface area (Å²) in [7, 11) is 2.21. The summed E-state index contributed by atoms with van der Waals surface area (Å²) < 4.78 is 0. The van der Waals surface area contributed by atoms with Gasteiger partial charge in [0.1, 0.15) is 0 Å². The van der Waals surface area contributed by atoms with Crippen molar-refractivity contribution >= 4 is 0 Å². The molecular formula is C13H30N2. The van der Waals surface area contributed by atoms with Gasteiger partial charge in [-0.3, -0.25) is 0 Å². The van der Waals surface area contributed by atoms with E-state index in [-0.39, 0.29) is 0 Å². The van der Waals surface area contributed by atoms with Crippen molar-refractivity contribution in [3.05, 3.63) is 0 Å². The summed E-state index contributed by atoms with van der Waals surface area (Å²) >= 11 is 0. The van der Waals surface area contributed by atoms with Crippen molar-refractivity contribution in [2.75, 3.05) is 26.7 Å². The molecule has 2 nitrogen and oxygen atoms in total. The molecule has 0 amide bonds. The van der Waals surface area contributed by atoms with Gasteiger partial charge in [0, 0.05) is 6.04 Å². The second kappa shape index (κ2) is 9.17. The Kier molecular flexibility index (Phi) is 9.12. The Morgan fingerprint density at radius 1 is 1.00 bits per heavy atom. The molecule has 0 aromatic rings. The highest BCUT2D eigenvalue weighted by atomic mass is 15.1. The summed E-state index contributed by atoms with van der Waals surface area (Å²) in [5.74, 6) is 0.824. The first-order valence-corrected chi connectivity index (χ1v) is 6.45. The number of unbranched alkanes of at least 4 members (excludes halogenated alkanes) is 1. The molecule has 0 aromatic carbocycles. The summed E-state index contributed by atoms with van der Waals surface area (Å²) in [5.41, 5.74) is 0. The molecule has 0 heterocycles. The molecule has 92 valence electrons. The molecule has 0 aliphatic carbocycles. The molecule has 0 aliphatic rings. The molecule has 0 rings (SSSR count). The van der Waals surface area contributed by atoms with Crippen LogP contribution in [0.1, 0.15) is 47.0 Å². The van der Waals surface area contributed by atoms with E-state index in [2.05, 4.69) is 45.0 Å². The minimum Gasteiger partial charge on any atom is -0.317 e. The van der Waals surface area contributed by atoms with Crippen LogP contribution in [0.4, 0.5) is 0 Å². The standard InChI is InChI=1S/C13H30N2/c1-12(2)8-10-14-9-6-7-11-15(5)13(3)4/h12-14H,6-11H2,1-5H3. The summed E-state index contributed by atoms with van der Waals surface area (Å²) in [4.78, 5) is 2.41. The van der Waals surface area contributed by atoms with Crippen LogP contribution in [0.2, 0.25) is 0 Å². The highest BCUT2D eigenvalue weighted by Gasteiger charge is 2.01. The van der Waals surface area contributed by atoms with Crippen molar-refractivity contribution in [2.24, 2.45) is 5.92 Å². The third-order valence-corrected chi connectivity index (χ3v) is 2.89. The van der Waals surface area contributed by atoms with E-state index in [9.17, 15) is 0 Å². The van der Waals surface area contributed by atoms with Gasteiger partial charge < -0.3 is 10.2 Å². The quantitative estimate of drug-likeness (QED) is 0.594. The Morgan fingerprint density at radius 2 is 1.67 bits per heavy atom. The first kappa shape index (κ1) is 14.9. The Hall–Kier alpha value is -0.0800. The minimum absolute atomic E-state index is 0.680. The third-order valence-electron chi connectivity index (χ3n) is 2.89. The summed E-state index contributed by atoms with van der Waals surface area (Å²) in [5, 5.41) is 3.50. The molecule has 2 heteroatoms. The molecule has 0 unspecified atom stereocenters. The van der Waals surface area contributed by atoms with Crippen LogP contribution < -0.4 is 5.32 Å². The molecule has 15 heavy (non-hydrogen) atoms. The second-order valence-electron chi connectivity index (χ2n) is 5.21. The van der Waals surface area contributed by atoms with Crippen molar-refractivity contribution in [1.29, 1.82) is 0 Å². The molecule has 0 aliphatic heterocycles. The monoisotopic (exact) mass is 214 g/mol. The van der Waals surface area contributed by atoms with Crippen LogP contribution in [-0.4, -0.2) is 37.6 Å². The van der Waals surface area contributed by atoms with Crippen LogP contribution in [0.25, 0.3) is 0 Å². The van der Waals surface area contributed by atoms with Gasteiger partial charge in [0.25, 0.3) is 0 Å². The Bertz CT molecular complexity index is 132. The van der Waals surface area contributed by atoms with E-state index in [1.807, 2.05) is 0 Å². The lowest BCUT2D eigenvalue weighted by Crippen LogP contribution is -2.28. The highest BCUT2D eigenvalue weighted by molar-refractivity contribution is 4.58. The average Bonchev–Trinajstić information content (AvgIpc) is 2.15. The SMILES string of the molecule is CC(C)CCNCCCCN(C)C(C)C. The van der Waals surface area contributed by atoms with Crippen molar-refractivity contribution in [3.8, 4) is 0 Å². The second-order valence-corrected chi connectivity index (χ2v) is 5.21. The minimum atomic E-state index is 0.680.